The van der Waals surface area contributed by atoms with Gasteiger partial charge >= 0.3 is 0 Å². The molecule has 0 bridgehead atoms. The van der Waals surface area contributed by atoms with Crippen LogP contribution in [0.2, 0.25) is 0 Å². The van der Waals surface area contributed by atoms with E-state index in [0.717, 1.165) is 16.7 Å². The van der Waals surface area contributed by atoms with Gasteiger partial charge < -0.3 is 5.32 Å². The van der Waals surface area contributed by atoms with Crippen LogP contribution in [0.15, 0.2) is 73.1 Å². The molecule has 0 saturated carbocycles. The van der Waals surface area contributed by atoms with Gasteiger partial charge in [0.15, 0.2) is 0 Å². The van der Waals surface area contributed by atoms with E-state index in [1.54, 1.807) is 6.20 Å². The Morgan fingerprint density at radius 1 is 0.969 bits per heavy atom. The second-order valence-electron chi connectivity index (χ2n) is 8.11. The molecule has 4 rings (SSSR count). The van der Waals surface area contributed by atoms with E-state index < -0.39 is 10.0 Å². The van der Waals surface area contributed by atoms with Crippen LogP contribution < -0.4 is 5.32 Å². The Bertz CT molecular complexity index is 1120. The van der Waals surface area contributed by atoms with Crippen LogP contribution in [0.3, 0.4) is 0 Å². The molecular formula is C24H28N4O3S. The monoisotopic (exact) mass is 452 g/mol. The van der Waals surface area contributed by atoms with E-state index in [1.807, 2.05) is 71.5 Å². The second-order valence-corrected chi connectivity index (χ2v) is 10.1. The number of hydrogen-bond acceptors (Lipinski definition) is 4. The molecule has 1 aliphatic heterocycles. The number of amides is 1. The molecule has 2 aromatic carbocycles. The van der Waals surface area contributed by atoms with Crippen LogP contribution in [0.25, 0.3) is 0 Å². The molecule has 1 aliphatic rings. The highest BCUT2D eigenvalue weighted by atomic mass is 32.2. The molecule has 1 amide bonds. The number of rotatable bonds is 8. The summed E-state index contributed by atoms with van der Waals surface area (Å²) < 4.78 is 28.8. The maximum Gasteiger partial charge on any atom is 0.223 e. The number of carbonyl (C=O) groups excluding carboxylic acids is 1. The fraction of sp³-hybridized carbons (Fsp3) is 0.333. The van der Waals surface area contributed by atoms with Gasteiger partial charge in [-0.05, 0) is 35.6 Å². The average Bonchev–Trinajstić information content (AvgIpc) is 3.32. The third-order valence-corrected chi connectivity index (χ3v) is 7.72. The van der Waals surface area contributed by atoms with Gasteiger partial charge in [-0.15, -0.1) is 0 Å². The number of nitrogens with one attached hydrogen (secondary N) is 1. The van der Waals surface area contributed by atoms with E-state index in [9.17, 15) is 13.2 Å². The van der Waals surface area contributed by atoms with E-state index in [2.05, 4.69) is 10.4 Å². The SMILES string of the molecule is O=C(NCc1ccccc1Cn1cccn1)C1CCN(S(=O)(=O)Cc2ccccc2)CC1. The minimum Gasteiger partial charge on any atom is -0.352 e. The molecule has 1 fully saturated rings. The van der Waals surface area contributed by atoms with E-state index in [0.29, 0.717) is 39.0 Å². The lowest BCUT2D eigenvalue weighted by Crippen LogP contribution is -2.43. The number of piperidine rings is 1. The molecule has 0 atom stereocenters. The first-order valence-corrected chi connectivity index (χ1v) is 12.5. The Hall–Kier alpha value is -2.97. The molecule has 0 aliphatic carbocycles. The van der Waals surface area contributed by atoms with Crippen molar-refractivity contribution in [3.05, 3.63) is 89.7 Å². The highest BCUT2D eigenvalue weighted by Crippen LogP contribution is 2.22. The highest BCUT2D eigenvalue weighted by molar-refractivity contribution is 7.88. The minimum absolute atomic E-state index is 0.00224. The number of sulfonamides is 1. The molecule has 0 spiro atoms. The molecule has 3 aromatic rings. The van der Waals surface area contributed by atoms with Crippen molar-refractivity contribution in [2.75, 3.05) is 13.1 Å². The lowest BCUT2D eigenvalue weighted by atomic mass is 9.97. The van der Waals surface area contributed by atoms with Gasteiger partial charge in [0.2, 0.25) is 15.9 Å². The number of benzene rings is 2. The molecule has 0 radical (unpaired) electrons. The van der Waals surface area contributed by atoms with Crippen LogP contribution in [0, 0.1) is 5.92 Å². The summed E-state index contributed by atoms with van der Waals surface area (Å²) in [5.74, 6) is -0.187. The van der Waals surface area contributed by atoms with Crippen LogP contribution in [0.5, 0.6) is 0 Å². The quantitative estimate of drug-likeness (QED) is 0.570. The summed E-state index contributed by atoms with van der Waals surface area (Å²) in [6.45, 7) is 1.85. The van der Waals surface area contributed by atoms with Gasteiger partial charge in [-0.2, -0.15) is 5.10 Å². The first kappa shape index (κ1) is 22.2. The van der Waals surface area contributed by atoms with Gasteiger partial charge in [0.1, 0.15) is 0 Å². The zero-order valence-electron chi connectivity index (χ0n) is 17.9. The number of nitrogens with zero attached hydrogens (tertiary/aromatic N) is 3. The molecule has 2 heterocycles. The number of hydrogen-bond donors (Lipinski definition) is 1. The first-order chi connectivity index (χ1) is 15.5. The lowest BCUT2D eigenvalue weighted by Gasteiger charge is -2.30. The van der Waals surface area contributed by atoms with Crippen molar-refractivity contribution in [1.29, 1.82) is 0 Å². The van der Waals surface area contributed by atoms with Crippen molar-refractivity contribution in [3.63, 3.8) is 0 Å². The van der Waals surface area contributed by atoms with E-state index in [1.165, 1.54) is 4.31 Å². The molecule has 0 unspecified atom stereocenters. The third-order valence-electron chi connectivity index (χ3n) is 5.87. The van der Waals surface area contributed by atoms with Crippen LogP contribution in [-0.2, 0) is 33.7 Å². The van der Waals surface area contributed by atoms with Gasteiger partial charge in [0, 0.05) is 37.9 Å². The van der Waals surface area contributed by atoms with Gasteiger partial charge in [-0.3, -0.25) is 9.48 Å². The average molecular weight is 453 g/mol. The van der Waals surface area contributed by atoms with Crippen molar-refractivity contribution in [1.82, 2.24) is 19.4 Å². The Morgan fingerprint density at radius 3 is 2.34 bits per heavy atom. The summed E-state index contributed by atoms with van der Waals surface area (Å²) in [6.07, 6.45) is 4.73. The second kappa shape index (κ2) is 10.1. The Balaban J connectivity index is 1.29. The molecule has 32 heavy (non-hydrogen) atoms. The lowest BCUT2D eigenvalue weighted by molar-refractivity contribution is -0.126. The van der Waals surface area contributed by atoms with E-state index >= 15 is 0 Å². The van der Waals surface area contributed by atoms with Crippen LogP contribution >= 0.6 is 0 Å². The summed E-state index contributed by atoms with van der Waals surface area (Å²) in [4.78, 5) is 12.8. The normalized spacial score (nSPS) is 15.5. The summed E-state index contributed by atoms with van der Waals surface area (Å²) in [5, 5.41) is 7.30. The van der Waals surface area contributed by atoms with Gasteiger partial charge in [-0.25, -0.2) is 12.7 Å². The van der Waals surface area contributed by atoms with E-state index in [-0.39, 0.29) is 17.6 Å². The van der Waals surface area contributed by atoms with Crippen molar-refractivity contribution >= 4 is 15.9 Å². The van der Waals surface area contributed by atoms with Gasteiger partial charge in [-0.1, -0.05) is 54.6 Å². The summed E-state index contributed by atoms with van der Waals surface area (Å²) in [5.41, 5.74) is 2.94. The highest BCUT2D eigenvalue weighted by Gasteiger charge is 2.31. The molecule has 7 nitrogen and oxygen atoms in total. The van der Waals surface area contributed by atoms with Crippen LogP contribution in [0.4, 0.5) is 0 Å². The van der Waals surface area contributed by atoms with Crippen LogP contribution in [-0.4, -0.2) is 41.5 Å². The molecule has 1 saturated heterocycles. The van der Waals surface area contributed by atoms with Crippen LogP contribution in [0.1, 0.15) is 29.5 Å². The zero-order valence-corrected chi connectivity index (χ0v) is 18.7. The summed E-state index contributed by atoms with van der Waals surface area (Å²) in [7, 11) is -3.38. The van der Waals surface area contributed by atoms with Gasteiger partial charge in [0.25, 0.3) is 0 Å². The number of aromatic nitrogens is 2. The molecule has 8 heteroatoms. The maximum atomic E-state index is 12.8. The Morgan fingerprint density at radius 2 is 1.66 bits per heavy atom. The van der Waals surface area contributed by atoms with Crippen molar-refractivity contribution in [3.8, 4) is 0 Å². The number of carbonyl (C=O) groups is 1. The fourth-order valence-corrected chi connectivity index (χ4v) is 5.62. The van der Waals surface area contributed by atoms with E-state index in [4.69, 9.17) is 0 Å². The predicted molar refractivity (Wildman–Crippen MR) is 123 cm³/mol. The largest absolute Gasteiger partial charge is 0.352 e. The standard InChI is InChI=1S/C24H28N4O3S/c29-24(25-17-22-9-4-5-10-23(22)18-27-14-6-13-26-27)21-11-15-28(16-12-21)32(30,31)19-20-7-2-1-3-8-20/h1-10,13-14,21H,11-12,15-19H2,(H,25,29). The van der Waals surface area contributed by atoms with Crippen molar-refractivity contribution in [2.24, 2.45) is 5.92 Å². The topological polar surface area (TPSA) is 84.3 Å². The minimum atomic E-state index is -3.38. The molecular weight excluding hydrogens is 424 g/mol. The fourth-order valence-electron chi connectivity index (χ4n) is 4.05. The van der Waals surface area contributed by atoms with Crippen molar-refractivity contribution in [2.45, 2.75) is 31.7 Å². The zero-order chi connectivity index (χ0) is 22.4. The third kappa shape index (κ3) is 5.63. The molecule has 1 N–H and O–H groups in total. The predicted octanol–water partition coefficient (Wildman–Crippen LogP) is 2.79. The molecule has 168 valence electrons. The first-order valence-electron chi connectivity index (χ1n) is 10.8. The summed E-state index contributed by atoms with van der Waals surface area (Å²) >= 11 is 0. The smallest absolute Gasteiger partial charge is 0.223 e. The Kier molecular flexibility index (Phi) is 7.02. The Labute approximate surface area is 189 Å². The maximum absolute atomic E-state index is 12.8. The van der Waals surface area contributed by atoms with Crippen molar-refractivity contribution < 1.29 is 13.2 Å². The summed E-state index contributed by atoms with van der Waals surface area (Å²) in [6, 6.07) is 19.1. The molecule has 1 aromatic heterocycles. The van der Waals surface area contributed by atoms with Gasteiger partial charge in [0.05, 0.1) is 12.3 Å².